The Morgan fingerprint density at radius 2 is 1.16 bits per heavy atom. The Morgan fingerprint density at radius 1 is 0.661 bits per heavy atom. The van der Waals surface area contributed by atoms with E-state index in [2.05, 4.69) is 20.4 Å². The van der Waals surface area contributed by atoms with Crippen molar-refractivity contribution < 1.29 is 90.5 Å². The first-order valence-corrected chi connectivity index (χ1v) is 18.9. The molecule has 56 heavy (non-hydrogen) atoms. The summed E-state index contributed by atoms with van der Waals surface area (Å²) in [5.74, 6) is -7.82. The fraction of sp³-hybridized carbons (Fsp3) is 0.763. The van der Waals surface area contributed by atoms with E-state index in [1.54, 1.807) is 6.92 Å². The molecular weight excluding hydrogens is 744 g/mol. The van der Waals surface area contributed by atoms with Crippen LogP contribution in [0.4, 0.5) is 0 Å². The molecule has 0 heterocycles. The molecule has 3 aliphatic carbocycles. The minimum atomic E-state index is -2.51. The second-order valence-electron chi connectivity index (χ2n) is 16.1. The lowest BCUT2D eigenvalue weighted by molar-refractivity contribution is -0.200. The van der Waals surface area contributed by atoms with Crippen LogP contribution in [0.5, 0.6) is 0 Å². The molecule has 322 valence electrons. The average Bonchev–Trinajstić information content (AvgIpc) is 3.27. The number of esters is 1. The smallest absolute Gasteiger partial charge is 0.314 e. The second-order valence-corrected chi connectivity index (χ2v) is 16.1. The van der Waals surface area contributed by atoms with E-state index >= 15 is 0 Å². The van der Waals surface area contributed by atoms with Gasteiger partial charge < -0.3 is 85.7 Å². The molecule has 8 unspecified atom stereocenters. The third kappa shape index (κ3) is 10.1. The Morgan fingerprint density at radius 3 is 1.68 bits per heavy atom. The molecule has 0 bridgehead atoms. The van der Waals surface area contributed by atoms with Crippen molar-refractivity contribution in [2.45, 2.75) is 135 Å². The molecule has 0 spiro atoms. The van der Waals surface area contributed by atoms with Crippen molar-refractivity contribution in [2.75, 3.05) is 19.8 Å². The van der Waals surface area contributed by atoms with E-state index in [1.807, 2.05) is 0 Å². The number of rotatable bonds is 18. The summed E-state index contributed by atoms with van der Waals surface area (Å²) in [5.41, 5.74) is -1.42. The summed E-state index contributed by atoms with van der Waals surface area (Å²) >= 11 is 0. The van der Waals surface area contributed by atoms with Gasteiger partial charge in [-0.3, -0.25) is 4.79 Å². The molecule has 3 aliphatic rings. The first-order valence-electron chi connectivity index (χ1n) is 18.9. The van der Waals surface area contributed by atoms with Gasteiger partial charge in [0.15, 0.2) is 23.0 Å². The molecule has 0 radical (unpaired) electrons. The molecule has 0 aliphatic heterocycles. The highest BCUT2D eigenvalue weighted by Gasteiger charge is 2.62. The van der Waals surface area contributed by atoms with Crippen LogP contribution in [0.15, 0.2) is 46.7 Å². The van der Waals surface area contributed by atoms with Crippen molar-refractivity contribution in [3.8, 4) is 0 Å². The third-order valence-corrected chi connectivity index (χ3v) is 12.3. The van der Waals surface area contributed by atoms with Crippen molar-refractivity contribution >= 4 is 5.97 Å². The van der Waals surface area contributed by atoms with Crippen LogP contribution in [0.1, 0.15) is 91.4 Å². The summed E-state index contributed by atoms with van der Waals surface area (Å²) in [6.07, 6.45) is -10.2. The molecule has 18 nitrogen and oxygen atoms in total. The van der Waals surface area contributed by atoms with Crippen LogP contribution in [0.3, 0.4) is 0 Å². The van der Waals surface area contributed by atoms with E-state index in [0.29, 0.717) is 44.1 Å². The Bertz CT molecular complexity index is 1460. The fourth-order valence-corrected chi connectivity index (χ4v) is 9.34. The van der Waals surface area contributed by atoms with Crippen molar-refractivity contribution in [3.05, 3.63) is 46.7 Å². The van der Waals surface area contributed by atoms with Crippen LogP contribution in [-0.2, 0) is 19.0 Å². The number of carbonyl (C=O) groups excluding carboxylic acids is 1. The second kappa shape index (κ2) is 19.5. The maximum atomic E-state index is 13.8. The average molecular weight is 807 g/mol. The number of ether oxygens (including phenoxy) is 3. The van der Waals surface area contributed by atoms with Gasteiger partial charge in [0.05, 0.1) is 11.5 Å². The van der Waals surface area contributed by atoms with E-state index in [9.17, 15) is 66.1 Å². The Labute approximate surface area is 325 Å². The summed E-state index contributed by atoms with van der Waals surface area (Å²) in [4.78, 5) is 13.8. The predicted molar refractivity (Wildman–Crippen MR) is 195 cm³/mol. The topological polar surface area (TPSA) is 328 Å². The molecule has 0 saturated heterocycles. The first-order chi connectivity index (χ1) is 26.1. The van der Waals surface area contributed by atoms with Crippen molar-refractivity contribution in [1.82, 2.24) is 0 Å². The number of carbonyl (C=O) groups is 1. The summed E-state index contributed by atoms with van der Waals surface area (Å²) in [5, 5.41) is 141. The van der Waals surface area contributed by atoms with Gasteiger partial charge in [0.25, 0.3) is 12.6 Å². The van der Waals surface area contributed by atoms with E-state index < -0.39 is 127 Å². The lowest BCUT2D eigenvalue weighted by atomic mass is 9.42. The zero-order valence-electron chi connectivity index (χ0n) is 32.2. The van der Waals surface area contributed by atoms with Crippen molar-refractivity contribution in [3.63, 3.8) is 0 Å². The molecule has 0 aromatic heterocycles. The molecule has 0 aromatic carbocycles. The Balaban J connectivity index is 1.87. The van der Waals surface area contributed by atoms with E-state index in [4.69, 9.17) is 24.4 Å². The van der Waals surface area contributed by atoms with E-state index in [0.717, 1.165) is 6.42 Å². The van der Waals surface area contributed by atoms with Gasteiger partial charge in [-0.1, -0.05) is 26.8 Å². The molecule has 18 heteroatoms. The van der Waals surface area contributed by atoms with Crippen LogP contribution in [-0.4, -0.2) is 141 Å². The summed E-state index contributed by atoms with van der Waals surface area (Å²) in [7, 11) is 0. The lowest BCUT2D eigenvalue weighted by Crippen LogP contribution is -2.57. The summed E-state index contributed by atoms with van der Waals surface area (Å²) < 4.78 is 16.4. The van der Waals surface area contributed by atoms with E-state index in [1.165, 1.54) is 0 Å². The zero-order chi connectivity index (χ0) is 42.3. The number of aliphatic hydroxyl groups is 14. The van der Waals surface area contributed by atoms with Crippen molar-refractivity contribution in [1.29, 1.82) is 0 Å². The highest BCUT2D eigenvalue weighted by molar-refractivity contribution is 5.77. The summed E-state index contributed by atoms with van der Waals surface area (Å²) in [6.45, 7) is 8.47. The number of hydrogen-bond donors (Lipinski definition) is 14. The Kier molecular flexibility index (Phi) is 16.5. The van der Waals surface area contributed by atoms with Crippen LogP contribution < -0.4 is 0 Å². The maximum Gasteiger partial charge on any atom is 0.314 e. The molecule has 14 N–H and O–H groups in total. The first kappa shape index (κ1) is 47.2. The van der Waals surface area contributed by atoms with Gasteiger partial charge in [-0.2, -0.15) is 0 Å². The van der Waals surface area contributed by atoms with Gasteiger partial charge in [0.1, 0.15) is 18.3 Å². The standard InChI is InChI=1S/C38H62O18/c1-19-18-36(2)14-8-25-37(3,12-5-13-38(25,4)35(53)56-33(51)30(49)27(46)21(43)10-16-40)24(36)7-6-23(19)54-34(52)31(28(47)22(44)11-17-41)55-32(50)29(48)26(45)20(42)9-15-39/h20-25,32-34,39-52H,1,5-18H2,2-4H3/b29-26-,30-27-,31-28-/t20?,21?,22?,23?,24-,25?,32?,33?,34?,36-,37+,38-/m1/s1. The SMILES string of the molecule is C=C1C[C@@]2(C)CCC3[C@](C)(C(=O)OC(O)/C(O)=C(/O)C(O)CCO)CCC[C@@]3(C)[C@@H]2CCC1OC(O)/C(OC(O)/C(O)=C(/O)C(O)CCO)=C(/O)C(O)CCO. The summed E-state index contributed by atoms with van der Waals surface area (Å²) in [6, 6.07) is 0. The molecule has 0 amide bonds. The monoisotopic (exact) mass is 806 g/mol. The molecule has 3 fully saturated rings. The highest BCUT2D eigenvalue weighted by Crippen LogP contribution is 2.67. The fourth-order valence-electron chi connectivity index (χ4n) is 9.34. The van der Waals surface area contributed by atoms with Crippen LogP contribution in [0, 0.1) is 28.1 Å². The third-order valence-electron chi connectivity index (χ3n) is 12.3. The predicted octanol–water partition coefficient (Wildman–Crippen LogP) is 1.51. The Hall–Kier alpha value is -3.17. The van der Waals surface area contributed by atoms with Gasteiger partial charge in [-0.05, 0) is 80.1 Å². The van der Waals surface area contributed by atoms with Gasteiger partial charge >= 0.3 is 5.97 Å². The highest BCUT2D eigenvalue weighted by atomic mass is 16.7. The number of fused-ring (bicyclic) bond motifs is 3. The molecule has 12 atom stereocenters. The van der Waals surface area contributed by atoms with Crippen LogP contribution in [0.25, 0.3) is 0 Å². The number of aliphatic hydroxyl groups excluding tert-OH is 14. The van der Waals surface area contributed by atoms with Gasteiger partial charge in [-0.15, -0.1) is 0 Å². The van der Waals surface area contributed by atoms with Crippen LogP contribution >= 0.6 is 0 Å². The minimum absolute atomic E-state index is 0.0529. The maximum absolute atomic E-state index is 13.8. The van der Waals surface area contributed by atoms with E-state index in [-0.39, 0.29) is 30.1 Å². The molecule has 0 aromatic rings. The molecule has 3 rings (SSSR count). The zero-order valence-corrected chi connectivity index (χ0v) is 32.2. The van der Waals surface area contributed by atoms with Gasteiger partial charge in [-0.25, -0.2) is 0 Å². The minimum Gasteiger partial charge on any atom is -0.506 e. The largest absolute Gasteiger partial charge is 0.506 e. The molecular formula is C38H62O18. The number of hydrogen-bond acceptors (Lipinski definition) is 18. The normalized spacial score (nSPS) is 32.8. The van der Waals surface area contributed by atoms with Gasteiger partial charge in [0.2, 0.25) is 17.8 Å². The van der Waals surface area contributed by atoms with Gasteiger partial charge in [0, 0.05) is 39.1 Å². The lowest BCUT2D eigenvalue weighted by Gasteiger charge is -2.62. The molecule has 3 saturated carbocycles. The van der Waals surface area contributed by atoms with Crippen molar-refractivity contribution in [2.24, 2.45) is 28.1 Å². The quantitative estimate of drug-likeness (QED) is 0.0404. The van der Waals surface area contributed by atoms with Crippen LogP contribution in [0.2, 0.25) is 0 Å².